The Hall–Kier alpha value is -1.91. The van der Waals surface area contributed by atoms with E-state index in [1.54, 1.807) is 12.1 Å². The third kappa shape index (κ3) is 4.39. The zero-order valence-electron chi connectivity index (χ0n) is 16.6. The highest BCUT2D eigenvalue weighted by molar-refractivity contribution is 5.48. The van der Waals surface area contributed by atoms with Crippen LogP contribution in [0.3, 0.4) is 0 Å². The molecule has 2 fully saturated rings. The maximum atomic E-state index is 13.7. The number of benzene rings is 2. The average Bonchev–Trinajstić information content (AvgIpc) is 2.74. The maximum Gasteiger partial charge on any atom is 0.125 e. The topological polar surface area (TPSA) is 26.7 Å². The Morgan fingerprint density at radius 1 is 0.964 bits per heavy atom. The molecule has 0 aromatic heterocycles. The fourth-order valence-corrected chi connectivity index (χ4v) is 4.87. The SMILES string of the molecule is OCc1c(CN2CCCCC2)cccc1C1CCCN(c2cccc(F)c2)C1. The standard InChI is InChI=1S/C24H31FN2O/c25-21-9-5-10-22(15-21)27-14-6-8-20(17-27)23-11-4-7-19(24(23)18-28)16-26-12-2-1-3-13-26/h4-5,7,9-11,15,20,28H,1-3,6,8,12-14,16-18H2. The minimum Gasteiger partial charge on any atom is -0.392 e. The molecular weight excluding hydrogens is 351 g/mol. The molecule has 1 N–H and O–H groups in total. The molecule has 1 unspecified atom stereocenters. The van der Waals surface area contributed by atoms with Crippen LogP contribution in [0.4, 0.5) is 10.1 Å². The van der Waals surface area contributed by atoms with Gasteiger partial charge in [-0.1, -0.05) is 30.7 Å². The molecule has 0 aliphatic carbocycles. The highest BCUT2D eigenvalue weighted by Gasteiger charge is 2.25. The molecule has 150 valence electrons. The van der Waals surface area contributed by atoms with E-state index in [4.69, 9.17) is 0 Å². The number of rotatable bonds is 5. The zero-order chi connectivity index (χ0) is 19.3. The van der Waals surface area contributed by atoms with Crippen LogP contribution in [0.15, 0.2) is 42.5 Å². The first-order valence-electron chi connectivity index (χ1n) is 10.7. The van der Waals surface area contributed by atoms with E-state index in [1.807, 2.05) is 6.07 Å². The van der Waals surface area contributed by atoms with E-state index in [2.05, 4.69) is 28.0 Å². The molecule has 2 aromatic rings. The quantitative estimate of drug-likeness (QED) is 0.813. The summed E-state index contributed by atoms with van der Waals surface area (Å²) < 4.78 is 13.7. The van der Waals surface area contributed by atoms with Gasteiger partial charge in [0.1, 0.15) is 5.82 Å². The summed E-state index contributed by atoms with van der Waals surface area (Å²) in [6.45, 7) is 5.18. The smallest absolute Gasteiger partial charge is 0.125 e. The van der Waals surface area contributed by atoms with Gasteiger partial charge in [-0.25, -0.2) is 4.39 Å². The lowest BCUT2D eigenvalue weighted by atomic mass is 9.85. The Balaban J connectivity index is 1.55. The number of hydrogen-bond acceptors (Lipinski definition) is 3. The van der Waals surface area contributed by atoms with E-state index in [0.29, 0.717) is 5.92 Å². The molecule has 0 radical (unpaired) electrons. The van der Waals surface area contributed by atoms with Gasteiger partial charge in [0.2, 0.25) is 0 Å². The van der Waals surface area contributed by atoms with Crippen molar-refractivity contribution in [3.63, 3.8) is 0 Å². The van der Waals surface area contributed by atoms with Crippen LogP contribution >= 0.6 is 0 Å². The summed E-state index contributed by atoms with van der Waals surface area (Å²) in [5, 5.41) is 10.2. The van der Waals surface area contributed by atoms with Gasteiger partial charge in [-0.2, -0.15) is 0 Å². The van der Waals surface area contributed by atoms with Gasteiger partial charge in [0, 0.05) is 31.2 Å². The maximum absolute atomic E-state index is 13.7. The van der Waals surface area contributed by atoms with Crippen LogP contribution in [-0.4, -0.2) is 36.2 Å². The van der Waals surface area contributed by atoms with Crippen LogP contribution in [0.5, 0.6) is 0 Å². The van der Waals surface area contributed by atoms with E-state index in [0.717, 1.165) is 56.8 Å². The van der Waals surface area contributed by atoms with Crippen molar-refractivity contribution in [1.29, 1.82) is 0 Å². The number of aliphatic hydroxyl groups excluding tert-OH is 1. The Labute approximate surface area is 167 Å². The first-order valence-corrected chi connectivity index (χ1v) is 10.7. The fraction of sp³-hybridized carbons (Fsp3) is 0.500. The number of nitrogens with zero attached hydrogens (tertiary/aromatic N) is 2. The summed E-state index contributed by atoms with van der Waals surface area (Å²) in [5.74, 6) is 0.194. The lowest BCUT2D eigenvalue weighted by molar-refractivity contribution is 0.217. The third-order valence-electron chi connectivity index (χ3n) is 6.34. The molecule has 2 aliphatic rings. The molecule has 0 amide bonds. The minimum absolute atomic E-state index is 0.0931. The molecule has 1 atom stereocenters. The second kappa shape index (κ2) is 9.06. The number of piperidine rings is 2. The average molecular weight is 383 g/mol. The van der Waals surface area contributed by atoms with Crippen molar-refractivity contribution in [3.05, 3.63) is 65.0 Å². The highest BCUT2D eigenvalue weighted by atomic mass is 19.1. The summed E-state index contributed by atoms with van der Waals surface area (Å²) in [6.07, 6.45) is 6.09. The molecule has 0 bridgehead atoms. The monoisotopic (exact) mass is 382 g/mol. The van der Waals surface area contributed by atoms with Gasteiger partial charge in [0.05, 0.1) is 6.61 Å². The summed E-state index contributed by atoms with van der Waals surface area (Å²) in [4.78, 5) is 4.80. The number of hydrogen-bond donors (Lipinski definition) is 1. The van der Waals surface area contributed by atoms with Crippen molar-refractivity contribution in [3.8, 4) is 0 Å². The van der Waals surface area contributed by atoms with Crippen LogP contribution in [0, 0.1) is 5.82 Å². The predicted octanol–water partition coefficient (Wildman–Crippen LogP) is 4.69. The molecule has 2 aliphatic heterocycles. The number of halogens is 1. The van der Waals surface area contributed by atoms with Crippen molar-refractivity contribution in [2.24, 2.45) is 0 Å². The minimum atomic E-state index is -0.181. The number of aliphatic hydroxyl groups is 1. The molecule has 4 rings (SSSR count). The van der Waals surface area contributed by atoms with Crippen LogP contribution in [0.2, 0.25) is 0 Å². The first-order chi connectivity index (χ1) is 13.7. The summed E-state index contributed by atoms with van der Waals surface area (Å²) in [7, 11) is 0. The summed E-state index contributed by atoms with van der Waals surface area (Å²) in [5.41, 5.74) is 4.61. The lowest BCUT2D eigenvalue weighted by Crippen LogP contribution is -2.35. The third-order valence-corrected chi connectivity index (χ3v) is 6.34. The molecule has 2 saturated heterocycles. The Morgan fingerprint density at radius 2 is 1.79 bits per heavy atom. The number of likely N-dealkylation sites (tertiary alicyclic amines) is 1. The molecule has 2 aromatic carbocycles. The van der Waals surface area contributed by atoms with Crippen molar-refractivity contribution in [2.45, 2.75) is 51.2 Å². The van der Waals surface area contributed by atoms with E-state index >= 15 is 0 Å². The van der Waals surface area contributed by atoms with Crippen LogP contribution < -0.4 is 4.90 Å². The fourth-order valence-electron chi connectivity index (χ4n) is 4.87. The largest absolute Gasteiger partial charge is 0.392 e. The molecule has 2 heterocycles. The van der Waals surface area contributed by atoms with Crippen LogP contribution in [-0.2, 0) is 13.2 Å². The van der Waals surface area contributed by atoms with Gasteiger partial charge < -0.3 is 10.0 Å². The Morgan fingerprint density at radius 3 is 2.57 bits per heavy atom. The second-order valence-electron chi connectivity index (χ2n) is 8.24. The van der Waals surface area contributed by atoms with Crippen molar-refractivity contribution in [1.82, 2.24) is 4.90 Å². The van der Waals surface area contributed by atoms with Crippen molar-refractivity contribution < 1.29 is 9.50 Å². The number of anilines is 1. The normalized spacial score (nSPS) is 21.1. The molecule has 0 spiro atoms. The van der Waals surface area contributed by atoms with Gasteiger partial charge in [0.25, 0.3) is 0 Å². The molecule has 28 heavy (non-hydrogen) atoms. The van der Waals surface area contributed by atoms with Crippen LogP contribution in [0.1, 0.15) is 54.7 Å². The van der Waals surface area contributed by atoms with Gasteiger partial charge in [0.15, 0.2) is 0 Å². The summed E-state index contributed by atoms with van der Waals surface area (Å²) in [6, 6.07) is 13.4. The van der Waals surface area contributed by atoms with Gasteiger partial charge in [-0.15, -0.1) is 0 Å². The molecule has 4 heteroatoms. The molecule has 0 saturated carbocycles. The predicted molar refractivity (Wildman–Crippen MR) is 112 cm³/mol. The lowest BCUT2D eigenvalue weighted by Gasteiger charge is -2.36. The Bertz CT molecular complexity index is 788. The van der Waals surface area contributed by atoms with Gasteiger partial charge in [-0.05, 0) is 73.7 Å². The summed E-state index contributed by atoms with van der Waals surface area (Å²) >= 11 is 0. The first kappa shape index (κ1) is 19.4. The van der Waals surface area contributed by atoms with Crippen molar-refractivity contribution >= 4 is 5.69 Å². The van der Waals surface area contributed by atoms with Gasteiger partial charge >= 0.3 is 0 Å². The highest BCUT2D eigenvalue weighted by Crippen LogP contribution is 2.33. The van der Waals surface area contributed by atoms with E-state index < -0.39 is 0 Å². The van der Waals surface area contributed by atoms with E-state index in [1.165, 1.54) is 36.5 Å². The van der Waals surface area contributed by atoms with Crippen molar-refractivity contribution in [2.75, 3.05) is 31.1 Å². The Kier molecular flexibility index (Phi) is 6.28. The van der Waals surface area contributed by atoms with Crippen LogP contribution in [0.25, 0.3) is 0 Å². The van der Waals surface area contributed by atoms with Gasteiger partial charge in [-0.3, -0.25) is 4.90 Å². The molecular formula is C24H31FN2O. The second-order valence-corrected chi connectivity index (χ2v) is 8.24. The molecule has 3 nitrogen and oxygen atoms in total. The zero-order valence-corrected chi connectivity index (χ0v) is 16.6. The van der Waals surface area contributed by atoms with E-state index in [9.17, 15) is 9.50 Å². The van der Waals surface area contributed by atoms with E-state index in [-0.39, 0.29) is 12.4 Å².